The molecule has 0 fully saturated rings. The fourth-order valence-electron chi connectivity index (χ4n) is 1.99. The van der Waals surface area contributed by atoms with E-state index < -0.39 is 11.7 Å². The molecule has 0 saturated carbocycles. The molecule has 5 nitrogen and oxygen atoms in total. The maximum absolute atomic E-state index is 13.6. The summed E-state index contributed by atoms with van der Waals surface area (Å²) in [6.07, 6.45) is 0. The van der Waals surface area contributed by atoms with Gasteiger partial charge < -0.3 is 16.0 Å². The summed E-state index contributed by atoms with van der Waals surface area (Å²) >= 11 is 9.14. The molecule has 2 aromatic carbocycles. The molecule has 0 unspecified atom stereocenters. The number of benzene rings is 2. The van der Waals surface area contributed by atoms with Crippen LogP contribution in [0.25, 0.3) is 0 Å². The second kappa shape index (κ2) is 8.82. The van der Waals surface area contributed by atoms with Gasteiger partial charge in [0.25, 0.3) is 0 Å². The molecule has 8 heteroatoms. The van der Waals surface area contributed by atoms with Crippen molar-refractivity contribution in [3.05, 3.63) is 57.3 Å². The van der Waals surface area contributed by atoms with Crippen LogP contribution >= 0.6 is 27.5 Å². The average Bonchev–Trinajstić information content (AvgIpc) is 2.56. The minimum absolute atomic E-state index is 0.151. The highest BCUT2D eigenvalue weighted by Crippen LogP contribution is 2.22. The third-order valence-corrected chi connectivity index (χ3v) is 4.26. The molecule has 3 N–H and O–H groups in total. The van der Waals surface area contributed by atoms with Gasteiger partial charge in [0.05, 0.1) is 18.8 Å². The third-order valence-electron chi connectivity index (χ3n) is 3.36. The van der Waals surface area contributed by atoms with E-state index >= 15 is 0 Å². The smallest absolute Gasteiger partial charge is 0.243 e. The molecule has 0 aliphatic heterocycles. The molecule has 0 aromatic heterocycles. The van der Waals surface area contributed by atoms with Gasteiger partial charge in [-0.2, -0.15) is 0 Å². The molecule has 0 aliphatic carbocycles. The lowest BCUT2D eigenvalue weighted by molar-refractivity contribution is -0.122. The van der Waals surface area contributed by atoms with E-state index in [9.17, 15) is 14.0 Å². The minimum Gasteiger partial charge on any atom is -0.374 e. The Bertz CT molecular complexity index is 801. The second-order valence-corrected chi connectivity index (χ2v) is 6.54. The SMILES string of the molecule is Cc1c(Cl)cccc1NC(=O)CNC(=O)CNc1ccc(Br)cc1F. The molecule has 0 spiro atoms. The van der Waals surface area contributed by atoms with Crippen molar-refractivity contribution >= 4 is 50.7 Å². The molecular formula is C17H16BrClFN3O2. The van der Waals surface area contributed by atoms with E-state index in [-0.39, 0.29) is 24.7 Å². The Morgan fingerprint density at radius 3 is 2.60 bits per heavy atom. The standard InChI is InChI=1S/C17H16BrClFN3O2/c1-10-12(19)3-2-4-14(10)23-17(25)9-22-16(24)8-21-15-6-5-11(18)7-13(15)20/h2-7,21H,8-9H2,1H3,(H,22,24)(H,23,25). The molecule has 25 heavy (non-hydrogen) atoms. The molecule has 0 aliphatic rings. The number of carbonyl (C=O) groups excluding carboxylic acids is 2. The van der Waals surface area contributed by atoms with E-state index in [1.807, 2.05) is 0 Å². The summed E-state index contributed by atoms with van der Waals surface area (Å²) < 4.78 is 14.2. The second-order valence-electron chi connectivity index (χ2n) is 5.22. The Morgan fingerprint density at radius 1 is 1.12 bits per heavy atom. The van der Waals surface area contributed by atoms with Crippen molar-refractivity contribution in [3.63, 3.8) is 0 Å². The van der Waals surface area contributed by atoms with Crippen LogP contribution in [0.3, 0.4) is 0 Å². The zero-order valence-corrected chi connectivity index (χ0v) is 15.7. The number of hydrogen-bond acceptors (Lipinski definition) is 3. The molecule has 0 saturated heterocycles. The first kappa shape index (κ1) is 19.2. The normalized spacial score (nSPS) is 10.2. The van der Waals surface area contributed by atoms with Crippen LogP contribution in [0.5, 0.6) is 0 Å². The van der Waals surface area contributed by atoms with Crippen molar-refractivity contribution in [1.29, 1.82) is 0 Å². The lowest BCUT2D eigenvalue weighted by Crippen LogP contribution is -2.36. The van der Waals surface area contributed by atoms with Crippen molar-refractivity contribution in [2.45, 2.75) is 6.92 Å². The van der Waals surface area contributed by atoms with Gasteiger partial charge in [-0.25, -0.2) is 4.39 Å². The quantitative estimate of drug-likeness (QED) is 0.657. The lowest BCUT2D eigenvalue weighted by atomic mass is 10.2. The zero-order valence-electron chi connectivity index (χ0n) is 13.3. The van der Waals surface area contributed by atoms with Crippen LogP contribution in [0.1, 0.15) is 5.56 Å². The average molecular weight is 429 g/mol. The molecule has 0 bridgehead atoms. The Balaban J connectivity index is 1.79. The molecule has 132 valence electrons. The predicted molar refractivity (Wildman–Crippen MR) is 100 cm³/mol. The summed E-state index contributed by atoms with van der Waals surface area (Å²) in [4.78, 5) is 23.7. The molecule has 0 radical (unpaired) electrons. The summed E-state index contributed by atoms with van der Waals surface area (Å²) in [6.45, 7) is 1.44. The van der Waals surface area contributed by atoms with E-state index in [0.29, 0.717) is 15.2 Å². The van der Waals surface area contributed by atoms with Crippen LogP contribution in [0.4, 0.5) is 15.8 Å². The van der Waals surface area contributed by atoms with Gasteiger partial charge in [-0.15, -0.1) is 0 Å². The molecule has 0 atom stereocenters. The van der Waals surface area contributed by atoms with Crippen molar-refractivity contribution in [1.82, 2.24) is 5.32 Å². The van der Waals surface area contributed by atoms with Gasteiger partial charge in [-0.1, -0.05) is 33.6 Å². The fraction of sp³-hybridized carbons (Fsp3) is 0.176. The Kier molecular flexibility index (Phi) is 6.78. The lowest BCUT2D eigenvalue weighted by Gasteiger charge is -2.11. The Hall–Kier alpha value is -2.12. The summed E-state index contributed by atoms with van der Waals surface area (Å²) in [6, 6.07) is 9.63. The zero-order chi connectivity index (χ0) is 18.4. The van der Waals surface area contributed by atoms with Crippen molar-refractivity contribution in [2.75, 3.05) is 23.7 Å². The molecular weight excluding hydrogens is 413 g/mol. The monoisotopic (exact) mass is 427 g/mol. The fourth-order valence-corrected chi connectivity index (χ4v) is 2.49. The minimum atomic E-state index is -0.476. The topological polar surface area (TPSA) is 70.2 Å². The van der Waals surface area contributed by atoms with Crippen molar-refractivity contribution in [3.8, 4) is 0 Å². The number of carbonyl (C=O) groups is 2. The first-order valence-electron chi connectivity index (χ1n) is 7.37. The first-order valence-corrected chi connectivity index (χ1v) is 8.54. The van der Waals surface area contributed by atoms with Crippen LogP contribution in [0.15, 0.2) is 40.9 Å². The Morgan fingerprint density at radius 2 is 1.88 bits per heavy atom. The highest BCUT2D eigenvalue weighted by atomic mass is 79.9. The number of amides is 2. The van der Waals surface area contributed by atoms with Gasteiger partial charge in [0.15, 0.2) is 0 Å². The summed E-state index contributed by atoms with van der Waals surface area (Å²) in [5.41, 5.74) is 1.54. The van der Waals surface area contributed by atoms with Crippen LogP contribution in [0.2, 0.25) is 5.02 Å². The number of nitrogens with one attached hydrogen (secondary N) is 3. The third kappa shape index (κ3) is 5.72. The summed E-state index contributed by atoms with van der Waals surface area (Å²) in [7, 11) is 0. The van der Waals surface area contributed by atoms with Crippen LogP contribution < -0.4 is 16.0 Å². The Labute approximate surface area is 158 Å². The van der Waals surface area contributed by atoms with Gasteiger partial charge in [-0.3, -0.25) is 9.59 Å². The van der Waals surface area contributed by atoms with Gasteiger partial charge in [0.2, 0.25) is 11.8 Å². The molecule has 2 amide bonds. The van der Waals surface area contributed by atoms with Gasteiger partial charge in [0, 0.05) is 15.2 Å². The molecule has 2 rings (SSSR count). The van der Waals surface area contributed by atoms with E-state index in [4.69, 9.17) is 11.6 Å². The first-order chi connectivity index (χ1) is 11.9. The largest absolute Gasteiger partial charge is 0.374 e. The van der Waals surface area contributed by atoms with Crippen LogP contribution in [-0.4, -0.2) is 24.9 Å². The number of anilines is 2. The predicted octanol–water partition coefficient (Wildman–Crippen LogP) is 3.72. The maximum Gasteiger partial charge on any atom is 0.243 e. The highest BCUT2D eigenvalue weighted by Gasteiger charge is 2.09. The van der Waals surface area contributed by atoms with Crippen LogP contribution in [0, 0.1) is 12.7 Å². The number of halogens is 3. The number of hydrogen-bond donors (Lipinski definition) is 3. The summed E-state index contributed by atoms with van der Waals surface area (Å²) in [5.74, 6) is -1.29. The molecule has 0 heterocycles. The maximum atomic E-state index is 13.6. The van der Waals surface area contributed by atoms with E-state index in [0.717, 1.165) is 5.56 Å². The van der Waals surface area contributed by atoms with Gasteiger partial charge in [0.1, 0.15) is 5.82 Å². The van der Waals surface area contributed by atoms with E-state index in [1.54, 1.807) is 31.2 Å². The van der Waals surface area contributed by atoms with Gasteiger partial charge in [-0.05, 0) is 42.8 Å². The van der Waals surface area contributed by atoms with E-state index in [1.165, 1.54) is 12.1 Å². The summed E-state index contributed by atoms with van der Waals surface area (Å²) in [5, 5.41) is 8.35. The van der Waals surface area contributed by atoms with Gasteiger partial charge >= 0.3 is 0 Å². The van der Waals surface area contributed by atoms with Crippen LogP contribution in [-0.2, 0) is 9.59 Å². The van der Waals surface area contributed by atoms with Crippen molar-refractivity contribution < 1.29 is 14.0 Å². The highest BCUT2D eigenvalue weighted by molar-refractivity contribution is 9.10. The van der Waals surface area contributed by atoms with Crippen molar-refractivity contribution in [2.24, 2.45) is 0 Å². The number of rotatable bonds is 6. The molecule has 2 aromatic rings. The van der Waals surface area contributed by atoms with E-state index in [2.05, 4.69) is 31.9 Å².